The largest absolute Gasteiger partial charge is 0.416 e. The Morgan fingerprint density at radius 3 is 2.26 bits per heavy atom. The van der Waals surface area contributed by atoms with E-state index in [2.05, 4.69) is 4.98 Å². The molecular weight excluding hydrogens is 464 g/mol. The Kier molecular flexibility index (Phi) is 6.05. The normalized spacial score (nSPS) is 17.3. The minimum atomic E-state index is -5.06. The summed E-state index contributed by atoms with van der Waals surface area (Å²) in [5.41, 5.74) is -2.15. The molecule has 1 aromatic heterocycles. The smallest absolute Gasteiger partial charge is 0.361 e. The first kappa shape index (κ1) is 23.7. The van der Waals surface area contributed by atoms with Crippen LogP contribution in [0.1, 0.15) is 27.0 Å². The number of H-pyrrole nitrogens is 1. The number of para-hydroxylation sites is 1. The highest BCUT2D eigenvalue weighted by molar-refractivity contribution is 5.95. The van der Waals surface area contributed by atoms with Gasteiger partial charge in [-0.25, -0.2) is 0 Å². The first-order chi connectivity index (χ1) is 16.0. The number of fused-ring (bicyclic) bond motifs is 1. The van der Waals surface area contributed by atoms with Crippen molar-refractivity contribution in [1.82, 2.24) is 14.8 Å². The summed E-state index contributed by atoms with van der Waals surface area (Å²) in [6.07, 6.45) is -7.52. The van der Waals surface area contributed by atoms with E-state index in [0.29, 0.717) is 18.5 Å². The SMILES string of the molecule is O=CN1CCN(C(=O)c2cc(C(F)(F)F)cc(C(F)(F)F)c2)[C@H](Cc2c[nH]c3ccccc23)C1. The maximum absolute atomic E-state index is 13.3. The molecule has 1 atom stereocenters. The van der Waals surface area contributed by atoms with Crippen molar-refractivity contribution in [2.24, 2.45) is 0 Å². The quantitative estimate of drug-likeness (QED) is 0.431. The standard InChI is InChI=1S/C23H19F6N3O2/c24-22(25,26)16-7-14(8-17(10-16)23(27,28)29)21(34)32-6-5-31(13-33)12-18(32)9-15-11-30-20-4-2-1-3-19(15)20/h1-4,7-8,10-11,13,18,30H,5-6,9,12H2/t18-/m1/s1. The van der Waals surface area contributed by atoms with E-state index in [-0.39, 0.29) is 32.1 Å². The molecule has 1 saturated heterocycles. The van der Waals surface area contributed by atoms with Crippen LogP contribution in [0, 0.1) is 0 Å². The molecule has 0 saturated carbocycles. The molecule has 2 amide bonds. The van der Waals surface area contributed by atoms with Gasteiger partial charge in [0.1, 0.15) is 0 Å². The number of hydrogen-bond donors (Lipinski definition) is 1. The number of halogens is 6. The van der Waals surface area contributed by atoms with Crippen molar-refractivity contribution in [3.05, 3.63) is 70.9 Å². The summed E-state index contributed by atoms with van der Waals surface area (Å²) in [5.74, 6) is -0.952. The van der Waals surface area contributed by atoms with E-state index in [4.69, 9.17) is 0 Å². The lowest BCUT2D eigenvalue weighted by Crippen LogP contribution is -2.55. The minimum Gasteiger partial charge on any atom is -0.361 e. The summed E-state index contributed by atoms with van der Waals surface area (Å²) in [6.45, 7) is 0.187. The predicted molar refractivity (Wildman–Crippen MR) is 111 cm³/mol. The Bertz CT molecular complexity index is 1190. The van der Waals surface area contributed by atoms with Gasteiger partial charge in [0.05, 0.1) is 17.2 Å². The molecule has 0 aliphatic carbocycles. The van der Waals surface area contributed by atoms with Crippen LogP contribution in [0.2, 0.25) is 0 Å². The Morgan fingerprint density at radius 2 is 1.65 bits per heavy atom. The molecule has 180 valence electrons. The van der Waals surface area contributed by atoms with E-state index in [0.717, 1.165) is 16.5 Å². The number of aromatic amines is 1. The molecule has 0 radical (unpaired) electrons. The molecule has 0 spiro atoms. The van der Waals surface area contributed by atoms with E-state index in [1.165, 1.54) is 9.80 Å². The molecule has 1 aliphatic heterocycles. The lowest BCUT2D eigenvalue weighted by Gasteiger charge is -2.40. The van der Waals surface area contributed by atoms with Crippen molar-refractivity contribution in [2.75, 3.05) is 19.6 Å². The van der Waals surface area contributed by atoms with Crippen LogP contribution in [-0.4, -0.2) is 52.8 Å². The van der Waals surface area contributed by atoms with Gasteiger partial charge in [0.15, 0.2) is 0 Å². The molecule has 0 unspecified atom stereocenters. The summed E-state index contributed by atoms with van der Waals surface area (Å²) in [4.78, 5) is 30.3. The van der Waals surface area contributed by atoms with E-state index < -0.39 is 41.0 Å². The number of nitrogens with zero attached hydrogens (tertiary/aromatic N) is 2. The van der Waals surface area contributed by atoms with Gasteiger partial charge in [0.25, 0.3) is 5.91 Å². The van der Waals surface area contributed by atoms with Gasteiger partial charge in [0.2, 0.25) is 6.41 Å². The zero-order valence-electron chi connectivity index (χ0n) is 17.6. The van der Waals surface area contributed by atoms with Crippen LogP contribution in [0.15, 0.2) is 48.7 Å². The lowest BCUT2D eigenvalue weighted by atomic mass is 9.99. The number of alkyl halides is 6. The minimum absolute atomic E-state index is 0.00939. The number of hydrogen-bond acceptors (Lipinski definition) is 2. The number of amides is 2. The van der Waals surface area contributed by atoms with Gasteiger partial charge in [-0.1, -0.05) is 18.2 Å². The maximum atomic E-state index is 13.3. The average molecular weight is 483 g/mol. The third-order valence-electron chi connectivity index (χ3n) is 5.89. The highest BCUT2D eigenvalue weighted by Crippen LogP contribution is 2.37. The molecule has 1 aliphatic rings. The fraction of sp³-hybridized carbons (Fsp3) is 0.304. The van der Waals surface area contributed by atoms with Gasteiger partial charge in [-0.15, -0.1) is 0 Å². The number of benzene rings is 2. The Hall–Kier alpha value is -3.50. The van der Waals surface area contributed by atoms with Gasteiger partial charge < -0.3 is 14.8 Å². The summed E-state index contributed by atoms with van der Waals surface area (Å²) in [7, 11) is 0. The number of rotatable bonds is 4. The third kappa shape index (κ3) is 4.73. The molecule has 2 aromatic carbocycles. The first-order valence-corrected chi connectivity index (χ1v) is 10.3. The highest BCUT2D eigenvalue weighted by Gasteiger charge is 2.39. The zero-order valence-corrected chi connectivity index (χ0v) is 17.6. The fourth-order valence-corrected chi connectivity index (χ4v) is 4.22. The van der Waals surface area contributed by atoms with Crippen LogP contribution < -0.4 is 0 Å². The number of nitrogens with one attached hydrogen (secondary N) is 1. The molecule has 0 bridgehead atoms. The van der Waals surface area contributed by atoms with E-state index in [1.54, 1.807) is 6.20 Å². The second kappa shape index (κ2) is 8.69. The molecule has 3 aromatic rings. The number of piperazine rings is 1. The van der Waals surface area contributed by atoms with Gasteiger partial charge in [-0.3, -0.25) is 9.59 Å². The van der Waals surface area contributed by atoms with Crippen molar-refractivity contribution in [1.29, 1.82) is 0 Å². The van der Waals surface area contributed by atoms with Gasteiger partial charge in [-0.05, 0) is 36.2 Å². The number of aromatic nitrogens is 1. The summed E-state index contributed by atoms with van der Waals surface area (Å²) in [6, 6.07) is 7.58. The van der Waals surface area contributed by atoms with Crippen molar-refractivity contribution in [2.45, 2.75) is 24.8 Å². The van der Waals surface area contributed by atoms with Crippen LogP contribution in [0.5, 0.6) is 0 Å². The summed E-state index contributed by atoms with van der Waals surface area (Å²) in [5, 5.41) is 0.872. The molecule has 34 heavy (non-hydrogen) atoms. The number of carbonyl (C=O) groups excluding carboxylic acids is 2. The van der Waals surface area contributed by atoms with E-state index >= 15 is 0 Å². The highest BCUT2D eigenvalue weighted by atomic mass is 19.4. The van der Waals surface area contributed by atoms with Gasteiger partial charge >= 0.3 is 12.4 Å². The Balaban J connectivity index is 1.71. The fourth-order valence-electron chi connectivity index (χ4n) is 4.22. The topological polar surface area (TPSA) is 56.4 Å². The molecule has 1 fully saturated rings. The summed E-state index contributed by atoms with van der Waals surface area (Å²) < 4.78 is 79.6. The lowest BCUT2D eigenvalue weighted by molar-refractivity contribution is -0.143. The number of carbonyl (C=O) groups is 2. The van der Waals surface area contributed by atoms with Gasteiger partial charge in [0, 0.05) is 42.3 Å². The monoisotopic (exact) mass is 483 g/mol. The molecule has 4 rings (SSSR count). The molecule has 1 N–H and O–H groups in total. The van der Waals surface area contributed by atoms with Crippen molar-refractivity contribution in [3.63, 3.8) is 0 Å². The van der Waals surface area contributed by atoms with Crippen LogP contribution in [-0.2, 0) is 23.6 Å². The van der Waals surface area contributed by atoms with Crippen LogP contribution in [0.25, 0.3) is 10.9 Å². The Morgan fingerprint density at radius 1 is 1.00 bits per heavy atom. The van der Waals surface area contributed by atoms with E-state index in [9.17, 15) is 35.9 Å². The molecule has 5 nitrogen and oxygen atoms in total. The van der Waals surface area contributed by atoms with Crippen LogP contribution in [0.4, 0.5) is 26.3 Å². The van der Waals surface area contributed by atoms with E-state index in [1.807, 2.05) is 24.3 Å². The van der Waals surface area contributed by atoms with Crippen LogP contribution >= 0.6 is 0 Å². The molecular formula is C23H19F6N3O2. The molecule has 11 heteroatoms. The second-order valence-corrected chi connectivity index (χ2v) is 8.11. The van der Waals surface area contributed by atoms with Crippen molar-refractivity contribution >= 4 is 23.2 Å². The maximum Gasteiger partial charge on any atom is 0.416 e. The third-order valence-corrected chi connectivity index (χ3v) is 5.89. The average Bonchev–Trinajstić information content (AvgIpc) is 3.20. The predicted octanol–water partition coefficient (Wildman–Crippen LogP) is 4.73. The summed E-state index contributed by atoms with van der Waals surface area (Å²) >= 11 is 0. The van der Waals surface area contributed by atoms with Crippen molar-refractivity contribution < 1.29 is 35.9 Å². The van der Waals surface area contributed by atoms with Crippen molar-refractivity contribution in [3.8, 4) is 0 Å². The van der Waals surface area contributed by atoms with Crippen LogP contribution in [0.3, 0.4) is 0 Å². The first-order valence-electron chi connectivity index (χ1n) is 10.3. The Labute approximate surface area is 189 Å². The van der Waals surface area contributed by atoms with Gasteiger partial charge in [-0.2, -0.15) is 26.3 Å². The second-order valence-electron chi connectivity index (χ2n) is 8.11. The molecule has 2 heterocycles. The zero-order chi connectivity index (χ0) is 24.7.